The molecule has 0 spiro atoms. The van der Waals surface area contributed by atoms with E-state index in [4.69, 9.17) is 4.74 Å². The Labute approximate surface area is 152 Å². The molecule has 26 heavy (non-hydrogen) atoms. The van der Waals surface area contributed by atoms with E-state index in [0.29, 0.717) is 11.5 Å². The van der Waals surface area contributed by atoms with Crippen molar-refractivity contribution in [3.05, 3.63) is 54.0 Å². The summed E-state index contributed by atoms with van der Waals surface area (Å²) in [5.41, 5.74) is 6.85. The molecule has 1 aromatic carbocycles. The van der Waals surface area contributed by atoms with E-state index in [2.05, 4.69) is 35.0 Å². The summed E-state index contributed by atoms with van der Waals surface area (Å²) in [5, 5.41) is 2.89. The van der Waals surface area contributed by atoms with Crippen molar-refractivity contribution in [1.82, 2.24) is 21.2 Å². The monoisotopic (exact) mass is 358 g/mol. The third-order valence-electron chi connectivity index (χ3n) is 4.40. The number of nitrogens with zero attached hydrogens (tertiary/aromatic N) is 1. The Hall–Kier alpha value is -2.51. The highest BCUT2D eigenvalue weighted by Gasteiger charge is 2.30. The van der Waals surface area contributed by atoms with Gasteiger partial charge in [0.25, 0.3) is 0 Å². The number of ether oxygens (including phenoxy) is 1. The molecule has 2 atom stereocenters. The first-order chi connectivity index (χ1) is 12.5. The van der Waals surface area contributed by atoms with Gasteiger partial charge in [-0.2, -0.15) is 0 Å². The first kappa shape index (κ1) is 18.3. The Balaban J connectivity index is 1.62. The van der Waals surface area contributed by atoms with Gasteiger partial charge in [-0.15, -0.1) is 0 Å². The highest BCUT2D eigenvalue weighted by Crippen LogP contribution is 2.25. The van der Waals surface area contributed by atoms with Crippen LogP contribution in [0.4, 0.5) is 4.39 Å². The van der Waals surface area contributed by atoms with Crippen LogP contribution in [0, 0.1) is 11.7 Å². The van der Waals surface area contributed by atoms with Crippen molar-refractivity contribution in [1.29, 1.82) is 0 Å². The molecule has 138 valence electrons. The second-order valence-electron chi connectivity index (χ2n) is 6.65. The zero-order valence-corrected chi connectivity index (χ0v) is 14.8. The highest BCUT2D eigenvalue weighted by atomic mass is 19.1. The van der Waals surface area contributed by atoms with Crippen LogP contribution in [0.25, 0.3) is 0 Å². The molecule has 2 aromatic rings. The number of pyridine rings is 1. The number of amides is 1. The van der Waals surface area contributed by atoms with E-state index in [0.717, 1.165) is 6.42 Å². The van der Waals surface area contributed by atoms with Gasteiger partial charge < -0.3 is 10.1 Å². The number of aromatic nitrogens is 1. The van der Waals surface area contributed by atoms with E-state index in [1.54, 1.807) is 30.5 Å². The smallest absolute Gasteiger partial charge is 0.238 e. The molecule has 1 fully saturated rings. The summed E-state index contributed by atoms with van der Waals surface area (Å²) in [6.45, 7) is 4.48. The number of benzene rings is 1. The maximum Gasteiger partial charge on any atom is 0.238 e. The second-order valence-corrected chi connectivity index (χ2v) is 6.65. The van der Waals surface area contributed by atoms with E-state index >= 15 is 0 Å². The van der Waals surface area contributed by atoms with Crippen LogP contribution >= 0.6 is 0 Å². The van der Waals surface area contributed by atoms with Gasteiger partial charge in [0.1, 0.15) is 6.04 Å². The summed E-state index contributed by atoms with van der Waals surface area (Å²) in [6, 6.07) is 9.66. The zero-order valence-electron chi connectivity index (χ0n) is 14.8. The third-order valence-corrected chi connectivity index (χ3v) is 4.40. The number of halogens is 1. The van der Waals surface area contributed by atoms with Crippen molar-refractivity contribution in [2.24, 2.45) is 5.92 Å². The lowest BCUT2D eigenvalue weighted by Crippen LogP contribution is -2.43. The van der Waals surface area contributed by atoms with Crippen LogP contribution in [0.1, 0.15) is 25.8 Å². The van der Waals surface area contributed by atoms with Crippen molar-refractivity contribution in [3.63, 3.8) is 0 Å². The third kappa shape index (κ3) is 4.36. The van der Waals surface area contributed by atoms with Crippen molar-refractivity contribution in [3.8, 4) is 11.6 Å². The molecule has 3 rings (SSSR count). The molecule has 2 unspecified atom stereocenters. The van der Waals surface area contributed by atoms with E-state index in [1.165, 1.54) is 12.1 Å². The molecule has 0 bridgehead atoms. The Morgan fingerprint density at radius 2 is 2.12 bits per heavy atom. The minimum absolute atomic E-state index is 0.0960. The maximum absolute atomic E-state index is 13.8. The Morgan fingerprint density at radius 3 is 2.85 bits per heavy atom. The summed E-state index contributed by atoms with van der Waals surface area (Å²) in [7, 11) is 0. The molecule has 0 radical (unpaired) electrons. The standard InChI is InChI=1S/C19H23FN4O2/c1-12(2)15-10-16(24-23-15)18(25)22-11-13-6-5-9-21-19(13)26-17-8-4-3-7-14(17)20/h3-9,12,15-16,23-24H,10-11H2,1-2H3,(H,22,25). The van der Waals surface area contributed by atoms with Crippen LogP contribution in [-0.4, -0.2) is 23.0 Å². The van der Waals surface area contributed by atoms with Crippen LogP contribution in [0.2, 0.25) is 0 Å². The van der Waals surface area contributed by atoms with Gasteiger partial charge in [0.2, 0.25) is 11.8 Å². The van der Waals surface area contributed by atoms with Crippen LogP contribution in [0.5, 0.6) is 11.6 Å². The number of hydrazine groups is 1. The minimum Gasteiger partial charge on any atom is -0.436 e. The Bertz CT molecular complexity index is 769. The number of carbonyl (C=O) groups excluding carboxylic acids is 1. The summed E-state index contributed by atoms with van der Waals surface area (Å²) in [6.07, 6.45) is 2.30. The summed E-state index contributed by atoms with van der Waals surface area (Å²) >= 11 is 0. The Kier molecular flexibility index (Phi) is 5.80. The van der Waals surface area contributed by atoms with E-state index in [9.17, 15) is 9.18 Å². The number of nitrogens with one attached hydrogen (secondary N) is 3. The molecule has 1 aromatic heterocycles. The van der Waals surface area contributed by atoms with Gasteiger partial charge >= 0.3 is 0 Å². The predicted octanol–water partition coefficient (Wildman–Crippen LogP) is 2.52. The van der Waals surface area contributed by atoms with E-state index in [1.807, 2.05) is 0 Å². The second kappa shape index (κ2) is 8.25. The summed E-state index contributed by atoms with van der Waals surface area (Å²) < 4.78 is 19.4. The molecule has 2 heterocycles. The first-order valence-corrected chi connectivity index (χ1v) is 8.69. The largest absolute Gasteiger partial charge is 0.436 e. The lowest BCUT2D eigenvalue weighted by atomic mass is 9.99. The van der Waals surface area contributed by atoms with Crippen molar-refractivity contribution in [2.45, 2.75) is 38.9 Å². The van der Waals surface area contributed by atoms with Crippen molar-refractivity contribution < 1.29 is 13.9 Å². The number of hydrogen-bond donors (Lipinski definition) is 3. The molecule has 1 aliphatic heterocycles. The van der Waals surface area contributed by atoms with Gasteiger partial charge in [0.15, 0.2) is 11.6 Å². The molecule has 0 saturated carbocycles. The molecular formula is C19H23FN4O2. The molecule has 0 aliphatic carbocycles. The normalized spacial score (nSPS) is 19.5. The quantitative estimate of drug-likeness (QED) is 0.740. The van der Waals surface area contributed by atoms with Gasteiger partial charge in [-0.1, -0.05) is 32.0 Å². The molecular weight excluding hydrogens is 335 g/mol. The van der Waals surface area contributed by atoms with Gasteiger partial charge in [0.05, 0.1) is 0 Å². The fourth-order valence-corrected chi connectivity index (χ4v) is 2.78. The van der Waals surface area contributed by atoms with Crippen LogP contribution in [-0.2, 0) is 11.3 Å². The average molecular weight is 358 g/mol. The fourth-order valence-electron chi connectivity index (χ4n) is 2.78. The summed E-state index contributed by atoms with van der Waals surface area (Å²) in [4.78, 5) is 16.5. The van der Waals surface area contributed by atoms with E-state index in [-0.39, 0.29) is 36.2 Å². The van der Waals surface area contributed by atoms with Gasteiger partial charge in [-0.05, 0) is 30.5 Å². The van der Waals surface area contributed by atoms with Gasteiger partial charge in [-0.25, -0.2) is 14.8 Å². The van der Waals surface area contributed by atoms with Gasteiger partial charge in [0, 0.05) is 24.3 Å². The number of carbonyl (C=O) groups is 1. The van der Waals surface area contributed by atoms with Crippen LogP contribution in [0.3, 0.4) is 0 Å². The first-order valence-electron chi connectivity index (χ1n) is 8.69. The zero-order chi connectivity index (χ0) is 18.5. The summed E-state index contributed by atoms with van der Waals surface area (Å²) in [5.74, 6) is 0.255. The van der Waals surface area contributed by atoms with Crippen LogP contribution in [0.15, 0.2) is 42.6 Å². The number of para-hydroxylation sites is 1. The van der Waals surface area contributed by atoms with Crippen molar-refractivity contribution >= 4 is 5.91 Å². The molecule has 6 nitrogen and oxygen atoms in total. The fraction of sp³-hybridized carbons (Fsp3) is 0.368. The average Bonchev–Trinajstić information content (AvgIpc) is 3.13. The minimum atomic E-state index is -0.464. The molecule has 1 saturated heterocycles. The van der Waals surface area contributed by atoms with E-state index < -0.39 is 5.82 Å². The molecule has 3 N–H and O–H groups in total. The highest BCUT2D eigenvalue weighted by molar-refractivity contribution is 5.82. The Morgan fingerprint density at radius 1 is 1.31 bits per heavy atom. The van der Waals surface area contributed by atoms with Crippen LogP contribution < -0.4 is 20.9 Å². The van der Waals surface area contributed by atoms with Gasteiger partial charge in [-0.3, -0.25) is 10.2 Å². The lowest BCUT2D eigenvalue weighted by Gasteiger charge is -2.14. The number of rotatable bonds is 6. The predicted molar refractivity (Wildman–Crippen MR) is 95.9 cm³/mol. The lowest BCUT2D eigenvalue weighted by molar-refractivity contribution is -0.123. The molecule has 7 heteroatoms. The molecule has 1 aliphatic rings. The SMILES string of the molecule is CC(C)C1CC(C(=O)NCc2cccnc2Oc2ccccc2F)NN1. The maximum atomic E-state index is 13.8. The van der Waals surface area contributed by atoms with Crippen molar-refractivity contribution in [2.75, 3.05) is 0 Å². The number of hydrogen-bond acceptors (Lipinski definition) is 5. The topological polar surface area (TPSA) is 75.3 Å². The molecule has 1 amide bonds.